The van der Waals surface area contributed by atoms with Crippen LogP contribution in [0.25, 0.3) is 0 Å². The number of hydrogen-bond acceptors (Lipinski definition) is 5. The zero-order valence-electron chi connectivity index (χ0n) is 13.3. The van der Waals surface area contributed by atoms with E-state index in [9.17, 15) is 13.2 Å². The summed E-state index contributed by atoms with van der Waals surface area (Å²) in [6, 6.07) is 10.9. The Labute approximate surface area is 141 Å². The summed E-state index contributed by atoms with van der Waals surface area (Å²) in [6.45, 7) is 2.00. The fourth-order valence-corrected chi connectivity index (χ4v) is 3.72. The predicted molar refractivity (Wildman–Crippen MR) is 88.7 cm³/mol. The van der Waals surface area contributed by atoms with Gasteiger partial charge in [-0.05, 0) is 73.7 Å². The van der Waals surface area contributed by atoms with Crippen LogP contribution >= 0.6 is 0 Å². The highest BCUT2D eigenvalue weighted by atomic mass is 32.2. The first-order valence-corrected chi connectivity index (χ1v) is 9.24. The molecule has 0 saturated heterocycles. The van der Waals surface area contributed by atoms with Crippen molar-refractivity contribution in [3.63, 3.8) is 0 Å². The number of benzene rings is 2. The van der Waals surface area contributed by atoms with Gasteiger partial charge in [-0.3, -0.25) is 0 Å². The average Bonchev–Trinajstić information content (AvgIpc) is 3.03. The third-order valence-corrected chi connectivity index (χ3v) is 5.17. The highest BCUT2D eigenvalue weighted by Gasteiger charge is 2.20. The zero-order valence-corrected chi connectivity index (χ0v) is 14.1. The van der Waals surface area contributed by atoms with Gasteiger partial charge in [0, 0.05) is 0 Å². The number of aryl methyl sites for hydroxylation is 2. The van der Waals surface area contributed by atoms with Crippen LogP contribution in [-0.2, 0) is 27.7 Å². The van der Waals surface area contributed by atoms with Crippen LogP contribution in [0.4, 0.5) is 0 Å². The maximum absolute atomic E-state index is 12.4. The quantitative estimate of drug-likeness (QED) is 0.614. The van der Waals surface area contributed by atoms with Crippen LogP contribution in [0, 0.1) is 0 Å². The molecule has 0 radical (unpaired) electrons. The van der Waals surface area contributed by atoms with E-state index >= 15 is 0 Å². The molecule has 1 aliphatic carbocycles. The lowest BCUT2D eigenvalue weighted by Gasteiger charge is -2.09. The first-order valence-electron chi connectivity index (χ1n) is 7.83. The van der Waals surface area contributed by atoms with E-state index in [0.717, 1.165) is 24.8 Å². The van der Waals surface area contributed by atoms with E-state index < -0.39 is 16.1 Å². The standard InChI is InChI=1S/C18H18O5S/c1-2-22-18(19)14-6-9-16(10-7-14)23-24(20,21)17-11-8-13-4-3-5-15(13)12-17/h6-12H,2-5H2,1H3. The first-order chi connectivity index (χ1) is 11.5. The average molecular weight is 346 g/mol. The molecule has 2 aromatic carbocycles. The normalized spacial score (nSPS) is 13.4. The van der Waals surface area contributed by atoms with Crippen LogP contribution in [-0.4, -0.2) is 21.0 Å². The molecule has 24 heavy (non-hydrogen) atoms. The van der Waals surface area contributed by atoms with Crippen molar-refractivity contribution < 1.29 is 22.1 Å². The first kappa shape index (κ1) is 16.5. The van der Waals surface area contributed by atoms with Gasteiger partial charge >= 0.3 is 16.1 Å². The second kappa shape index (κ2) is 6.65. The Hall–Kier alpha value is -2.34. The molecule has 126 valence electrons. The summed E-state index contributed by atoms with van der Waals surface area (Å²) in [5.41, 5.74) is 2.62. The van der Waals surface area contributed by atoms with Crippen LogP contribution in [0.2, 0.25) is 0 Å². The van der Waals surface area contributed by atoms with Gasteiger partial charge in [-0.1, -0.05) is 6.07 Å². The molecule has 6 heteroatoms. The minimum absolute atomic E-state index is 0.151. The van der Waals surface area contributed by atoms with Crippen molar-refractivity contribution in [2.45, 2.75) is 31.1 Å². The van der Waals surface area contributed by atoms with E-state index in [1.807, 2.05) is 6.07 Å². The largest absolute Gasteiger partial charge is 0.462 e. The van der Waals surface area contributed by atoms with Crippen molar-refractivity contribution in [3.05, 3.63) is 59.2 Å². The second-order valence-corrected chi connectivity index (χ2v) is 7.11. The monoisotopic (exact) mass is 346 g/mol. The van der Waals surface area contributed by atoms with Gasteiger partial charge < -0.3 is 8.92 Å². The molecule has 3 rings (SSSR count). The van der Waals surface area contributed by atoms with Gasteiger partial charge in [0.05, 0.1) is 12.2 Å². The van der Waals surface area contributed by atoms with Gasteiger partial charge in [-0.15, -0.1) is 0 Å². The number of carbonyl (C=O) groups excluding carboxylic acids is 1. The summed E-state index contributed by atoms with van der Waals surface area (Å²) in [6.07, 6.45) is 2.94. The van der Waals surface area contributed by atoms with Gasteiger partial charge in [0.2, 0.25) is 0 Å². The van der Waals surface area contributed by atoms with Crippen molar-refractivity contribution in [3.8, 4) is 5.75 Å². The van der Waals surface area contributed by atoms with Crippen molar-refractivity contribution in [2.75, 3.05) is 6.61 Å². The maximum Gasteiger partial charge on any atom is 0.339 e. The predicted octanol–water partition coefficient (Wildman–Crippen LogP) is 3.12. The van der Waals surface area contributed by atoms with Crippen molar-refractivity contribution in [1.29, 1.82) is 0 Å². The zero-order chi connectivity index (χ0) is 17.2. The second-order valence-electron chi connectivity index (χ2n) is 5.57. The number of ether oxygens (including phenoxy) is 1. The Morgan fingerprint density at radius 3 is 2.46 bits per heavy atom. The number of hydrogen-bond donors (Lipinski definition) is 0. The van der Waals surface area contributed by atoms with E-state index in [-0.39, 0.29) is 17.3 Å². The lowest BCUT2D eigenvalue weighted by Crippen LogP contribution is -2.10. The number of carbonyl (C=O) groups is 1. The third-order valence-electron chi connectivity index (χ3n) is 3.93. The molecule has 0 amide bonds. The van der Waals surface area contributed by atoms with E-state index in [0.29, 0.717) is 5.56 Å². The molecule has 0 fully saturated rings. The van der Waals surface area contributed by atoms with Crippen LogP contribution in [0.1, 0.15) is 34.8 Å². The topological polar surface area (TPSA) is 69.7 Å². The van der Waals surface area contributed by atoms with Gasteiger partial charge in [0.1, 0.15) is 10.6 Å². The smallest absolute Gasteiger partial charge is 0.339 e. The van der Waals surface area contributed by atoms with Gasteiger partial charge in [-0.25, -0.2) is 4.79 Å². The molecule has 0 heterocycles. The molecule has 0 saturated carbocycles. The lowest BCUT2D eigenvalue weighted by molar-refractivity contribution is 0.0526. The summed E-state index contributed by atoms with van der Waals surface area (Å²) >= 11 is 0. The van der Waals surface area contributed by atoms with Gasteiger partial charge in [0.15, 0.2) is 0 Å². The van der Waals surface area contributed by atoms with Gasteiger partial charge in [0.25, 0.3) is 0 Å². The van der Waals surface area contributed by atoms with Crippen LogP contribution in [0.3, 0.4) is 0 Å². The molecule has 2 aromatic rings. The Morgan fingerprint density at radius 1 is 1.04 bits per heavy atom. The fourth-order valence-electron chi connectivity index (χ4n) is 2.74. The highest BCUT2D eigenvalue weighted by molar-refractivity contribution is 7.87. The summed E-state index contributed by atoms with van der Waals surface area (Å²) < 4.78 is 34.9. The van der Waals surface area contributed by atoms with E-state index in [4.69, 9.17) is 8.92 Å². The Kier molecular flexibility index (Phi) is 4.57. The summed E-state index contributed by atoms with van der Waals surface area (Å²) in [5, 5.41) is 0. The third kappa shape index (κ3) is 3.43. The molecule has 0 atom stereocenters. The minimum atomic E-state index is -3.89. The number of fused-ring (bicyclic) bond motifs is 1. The van der Waals surface area contributed by atoms with Crippen LogP contribution < -0.4 is 4.18 Å². The van der Waals surface area contributed by atoms with Crippen molar-refractivity contribution in [2.24, 2.45) is 0 Å². The van der Waals surface area contributed by atoms with E-state index in [1.165, 1.54) is 29.8 Å². The molecule has 0 spiro atoms. The van der Waals surface area contributed by atoms with Crippen LogP contribution in [0.5, 0.6) is 5.75 Å². The molecule has 0 bridgehead atoms. The van der Waals surface area contributed by atoms with E-state index in [1.54, 1.807) is 19.1 Å². The molecule has 0 aliphatic heterocycles. The summed E-state index contributed by atoms with van der Waals surface area (Å²) in [7, 11) is -3.89. The van der Waals surface area contributed by atoms with Crippen LogP contribution in [0.15, 0.2) is 47.4 Å². The highest BCUT2D eigenvalue weighted by Crippen LogP contribution is 2.26. The van der Waals surface area contributed by atoms with Gasteiger partial charge in [-0.2, -0.15) is 8.42 Å². The molecule has 5 nitrogen and oxygen atoms in total. The SMILES string of the molecule is CCOC(=O)c1ccc(OS(=O)(=O)c2ccc3c(c2)CCC3)cc1. The molecule has 0 aromatic heterocycles. The number of esters is 1. The Balaban J connectivity index is 1.78. The molecular weight excluding hydrogens is 328 g/mol. The van der Waals surface area contributed by atoms with E-state index in [2.05, 4.69) is 0 Å². The molecule has 0 N–H and O–H groups in total. The molecular formula is C18H18O5S. The Bertz CT molecular complexity index is 853. The van der Waals surface area contributed by atoms with Crippen molar-refractivity contribution in [1.82, 2.24) is 0 Å². The molecule has 1 aliphatic rings. The molecule has 0 unspecified atom stereocenters. The lowest BCUT2D eigenvalue weighted by atomic mass is 10.1. The fraction of sp³-hybridized carbons (Fsp3) is 0.278. The number of rotatable bonds is 5. The minimum Gasteiger partial charge on any atom is -0.462 e. The summed E-state index contributed by atoms with van der Waals surface area (Å²) in [5.74, 6) is -0.297. The Morgan fingerprint density at radius 2 is 1.75 bits per heavy atom. The maximum atomic E-state index is 12.4. The summed E-state index contributed by atoms with van der Waals surface area (Å²) in [4.78, 5) is 11.7. The van der Waals surface area contributed by atoms with Crippen molar-refractivity contribution >= 4 is 16.1 Å².